The molecule has 5 nitrogen and oxygen atoms in total. The van der Waals surface area contributed by atoms with Gasteiger partial charge in [-0.3, -0.25) is 4.90 Å². The van der Waals surface area contributed by atoms with Crippen LogP contribution >= 0.6 is 0 Å². The number of nitrogen functional groups attached to an aromatic ring is 1. The molecule has 1 aromatic rings. The number of anilines is 1. The lowest BCUT2D eigenvalue weighted by Gasteiger charge is -2.26. The fourth-order valence-corrected chi connectivity index (χ4v) is 4.55. The molecule has 2 rings (SSSR count). The van der Waals surface area contributed by atoms with Gasteiger partial charge in [-0.25, -0.2) is 12.7 Å². The van der Waals surface area contributed by atoms with Gasteiger partial charge in [0.05, 0.1) is 5.75 Å². The van der Waals surface area contributed by atoms with Crippen LogP contribution < -0.4 is 5.73 Å². The maximum absolute atomic E-state index is 12.5. The molecule has 0 radical (unpaired) electrons. The standard InChI is InChI=1S/C15H25N3O2S/c1-3-17(4-2)15-8-9-18(11-15)21(19,20)12-13-6-5-7-14(16)10-13/h5-7,10,15H,3-4,8-9,11-12,16H2,1-2H3. The maximum Gasteiger partial charge on any atom is 0.218 e. The summed E-state index contributed by atoms with van der Waals surface area (Å²) in [7, 11) is -3.26. The van der Waals surface area contributed by atoms with E-state index in [0.717, 1.165) is 25.1 Å². The van der Waals surface area contributed by atoms with Crippen molar-refractivity contribution in [2.24, 2.45) is 0 Å². The van der Waals surface area contributed by atoms with Gasteiger partial charge in [0.2, 0.25) is 10.0 Å². The third-order valence-electron chi connectivity index (χ3n) is 4.15. The van der Waals surface area contributed by atoms with E-state index in [4.69, 9.17) is 5.73 Å². The van der Waals surface area contributed by atoms with E-state index in [-0.39, 0.29) is 5.75 Å². The highest BCUT2D eigenvalue weighted by Crippen LogP contribution is 2.21. The van der Waals surface area contributed by atoms with Gasteiger partial charge >= 0.3 is 0 Å². The Labute approximate surface area is 127 Å². The Morgan fingerprint density at radius 3 is 2.67 bits per heavy atom. The predicted molar refractivity (Wildman–Crippen MR) is 86.4 cm³/mol. The molecule has 1 aromatic carbocycles. The zero-order valence-electron chi connectivity index (χ0n) is 12.8. The number of likely N-dealkylation sites (N-methyl/N-ethyl adjacent to an activating group) is 1. The Kier molecular flexibility index (Phi) is 5.24. The molecule has 0 bridgehead atoms. The summed E-state index contributed by atoms with van der Waals surface area (Å²) in [5.41, 5.74) is 7.07. The summed E-state index contributed by atoms with van der Waals surface area (Å²) in [5, 5.41) is 0. The number of nitrogens with zero attached hydrogens (tertiary/aromatic N) is 2. The van der Waals surface area contributed by atoms with Crippen molar-refractivity contribution in [2.75, 3.05) is 31.9 Å². The van der Waals surface area contributed by atoms with Crippen molar-refractivity contribution in [1.29, 1.82) is 0 Å². The minimum Gasteiger partial charge on any atom is -0.399 e. The molecule has 6 heteroatoms. The molecule has 0 aliphatic carbocycles. The summed E-state index contributed by atoms with van der Waals surface area (Å²) < 4.78 is 26.7. The van der Waals surface area contributed by atoms with Gasteiger partial charge in [-0.1, -0.05) is 26.0 Å². The number of sulfonamides is 1. The average molecular weight is 311 g/mol. The molecule has 1 fully saturated rings. The van der Waals surface area contributed by atoms with Crippen molar-refractivity contribution >= 4 is 15.7 Å². The number of hydrogen-bond donors (Lipinski definition) is 1. The number of nitrogens with two attached hydrogens (primary N) is 1. The van der Waals surface area contributed by atoms with Crippen molar-refractivity contribution in [2.45, 2.75) is 32.1 Å². The first kappa shape index (κ1) is 16.3. The monoisotopic (exact) mass is 311 g/mol. The molecule has 0 spiro atoms. The van der Waals surface area contributed by atoms with Crippen molar-refractivity contribution in [3.05, 3.63) is 29.8 Å². The smallest absolute Gasteiger partial charge is 0.218 e. The Hall–Kier alpha value is -1.11. The summed E-state index contributed by atoms with van der Waals surface area (Å²) in [4.78, 5) is 2.33. The second kappa shape index (κ2) is 6.77. The average Bonchev–Trinajstić information content (AvgIpc) is 2.90. The second-order valence-corrected chi connectivity index (χ2v) is 7.49. The Morgan fingerprint density at radius 1 is 1.33 bits per heavy atom. The predicted octanol–water partition coefficient (Wildman–Crippen LogP) is 1.51. The molecule has 0 amide bonds. The van der Waals surface area contributed by atoms with Gasteiger partial charge in [0.15, 0.2) is 0 Å². The van der Waals surface area contributed by atoms with Crippen LogP contribution in [-0.2, 0) is 15.8 Å². The minimum atomic E-state index is -3.26. The normalized spacial score (nSPS) is 20.2. The Balaban J connectivity index is 2.04. The Morgan fingerprint density at radius 2 is 2.05 bits per heavy atom. The molecule has 1 atom stereocenters. The van der Waals surface area contributed by atoms with E-state index < -0.39 is 10.0 Å². The first-order valence-electron chi connectivity index (χ1n) is 7.52. The van der Waals surface area contributed by atoms with Crippen molar-refractivity contribution in [3.8, 4) is 0 Å². The number of hydrogen-bond acceptors (Lipinski definition) is 4. The summed E-state index contributed by atoms with van der Waals surface area (Å²) in [5.74, 6) is 0.0308. The molecule has 1 aliphatic heterocycles. The van der Waals surface area contributed by atoms with Gasteiger partial charge in [0, 0.05) is 24.8 Å². The third kappa shape index (κ3) is 3.96. The molecule has 1 heterocycles. The highest BCUT2D eigenvalue weighted by atomic mass is 32.2. The lowest BCUT2D eigenvalue weighted by molar-refractivity contribution is 0.224. The van der Waals surface area contributed by atoms with E-state index in [1.54, 1.807) is 22.5 Å². The van der Waals surface area contributed by atoms with Crippen LogP contribution in [0.2, 0.25) is 0 Å². The lowest BCUT2D eigenvalue weighted by Crippen LogP contribution is -2.38. The molecule has 1 unspecified atom stereocenters. The highest BCUT2D eigenvalue weighted by Gasteiger charge is 2.33. The molecule has 0 aromatic heterocycles. The zero-order chi connectivity index (χ0) is 15.5. The van der Waals surface area contributed by atoms with E-state index >= 15 is 0 Å². The van der Waals surface area contributed by atoms with Crippen LogP contribution in [0.25, 0.3) is 0 Å². The maximum atomic E-state index is 12.5. The van der Waals surface area contributed by atoms with E-state index in [1.165, 1.54) is 0 Å². The topological polar surface area (TPSA) is 66.6 Å². The largest absolute Gasteiger partial charge is 0.399 e. The van der Waals surface area contributed by atoms with Crippen molar-refractivity contribution < 1.29 is 8.42 Å². The summed E-state index contributed by atoms with van der Waals surface area (Å²) in [6, 6.07) is 7.45. The van der Waals surface area contributed by atoms with Gasteiger partial charge in [-0.05, 0) is 37.2 Å². The highest BCUT2D eigenvalue weighted by molar-refractivity contribution is 7.88. The van der Waals surface area contributed by atoms with Crippen LogP contribution in [0.3, 0.4) is 0 Å². The van der Waals surface area contributed by atoms with Crippen molar-refractivity contribution in [3.63, 3.8) is 0 Å². The third-order valence-corrected chi connectivity index (χ3v) is 5.96. The van der Waals surface area contributed by atoms with Crippen LogP contribution in [0.15, 0.2) is 24.3 Å². The first-order chi connectivity index (χ1) is 9.96. The first-order valence-corrected chi connectivity index (χ1v) is 9.13. The van der Waals surface area contributed by atoms with Gasteiger partial charge in [-0.2, -0.15) is 0 Å². The molecular weight excluding hydrogens is 286 g/mol. The minimum absolute atomic E-state index is 0.0308. The van der Waals surface area contributed by atoms with Crippen LogP contribution in [0.1, 0.15) is 25.8 Å². The lowest BCUT2D eigenvalue weighted by atomic mass is 10.2. The van der Waals surface area contributed by atoms with Gasteiger partial charge < -0.3 is 5.73 Å². The molecule has 0 saturated carbocycles. The van der Waals surface area contributed by atoms with E-state index in [1.807, 2.05) is 6.07 Å². The Bertz CT molecular complexity index is 570. The summed E-state index contributed by atoms with van der Waals surface area (Å²) >= 11 is 0. The number of benzene rings is 1. The molecule has 1 saturated heterocycles. The van der Waals surface area contributed by atoms with Crippen molar-refractivity contribution in [1.82, 2.24) is 9.21 Å². The SMILES string of the molecule is CCN(CC)C1CCN(S(=O)(=O)Cc2cccc(N)c2)C1. The van der Waals surface area contributed by atoms with Gasteiger partial charge in [0.25, 0.3) is 0 Å². The second-order valence-electron chi connectivity index (χ2n) is 5.52. The van der Waals surface area contributed by atoms with Gasteiger partial charge in [0.1, 0.15) is 0 Å². The van der Waals surface area contributed by atoms with E-state index in [0.29, 0.717) is 24.8 Å². The quantitative estimate of drug-likeness (QED) is 0.809. The number of rotatable bonds is 6. The molecule has 21 heavy (non-hydrogen) atoms. The summed E-state index contributed by atoms with van der Waals surface area (Å²) in [6.07, 6.45) is 0.915. The van der Waals surface area contributed by atoms with Crippen LogP contribution in [0, 0.1) is 0 Å². The van der Waals surface area contributed by atoms with Crippen LogP contribution in [0.4, 0.5) is 5.69 Å². The molecule has 118 valence electrons. The molecule has 2 N–H and O–H groups in total. The van der Waals surface area contributed by atoms with Crippen LogP contribution in [-0.4, -0.2) is 49.8 Å². The van der Waals surface area contributed by atoms with Crippen LogP contribution in [0.5, 0.6) is 0 Å². The fraction of sp³-hybridized carbons (Fsp3) is 0.600. The van der Waals surface area contributed by atoms with E-state index in [9.17, 15) is 8.42 Å². The van der Waals surface area contributed by atoms with Gasteiger partial charge in [-0.15, -0.1) is 0 Å². The van der Waals surface area contributed by atoms with E-state index in [2.05, 4.69) is 18.7 Å². The zero-order valence-corrected chi connectivity index (χ0v) is 13.6. The fourth-order valence-electron chi connectivity index (χ4n) is 2.99. The molecular formula is C15H25N3O2S. The summed E-state index contributed by atoms with van der Waals surface area (Å²) in [6.45, 7) is 7.38. The molecule has 1 aliphatic rings.